The normalized spacial score (nSPS) is 12.9. The van der Waals surface area contributed by atoms with Crippen molar-refractivity contribution in [3.8, 4) is 0 Å². The maximum atomic E-state index is 11.8. The van der Waals surface area contributed by atoms with E-state index in [0.717, 1.165) is 15.6 Å². The van der Waals surface area contributed by atoms with Crippen LogP contribution in [0.25, 0.3) is 10.9 Å². The van der Waals surface area contributed by atoms with Crippen molar-refractivity contribution in [2.45, 2.75) is 26.3 Å². The number of nitrogens with one attached hydrogen (secondary N) is 1. The number of benzene rings is 1. The van der Waals surface area contributed by atoms with E-state index in [9.17, 15) is 10.0 Å². The van der Waals surface area contributed by atoms with Gasteiger partial charge in [0.2, 0.25) is 0 Å². The fraction of sp³-hybridized carbons (Fsp3) is 0.286. The zero-order valence-corrected chi connectivity index (χ0v) is 10.7. The van der Waals surface area contributed by atoms with Crippen molar-refractivity contribution in [2.24, 2.45) is 0 Å². The van der Waals surface area contributed by atoms with Gasteiger partial charge in [-0.1, -0.05) is 18.2 Å². The Kier molecular flexibility index (Phi) is 2.95. The SMILES string of the molecule is CC(C)(C)/[N+]([O-])=C/c1cc2ccccc2[nH]c1=O. The molecule has 0 aliphatic rings. The van der Waals surface area contributed by atoms with Crippen molar-refractivity contribution < 1.29 is 4.74 Å². The van der Waals surface area contributed by atoms with Gasteiger partial charge in [0, 0.05) is 26.3 Å². The molecule has 18 heavy (non-hydrogen) atoms. The van der Waals surface area contributed by atoms with Crippen LogP contribution in [0.1, 0.15) is 26.3 Å². The van der Waals surface area contributed by atoms with E-state index in [1.807, 2.05) is 24.3 Å². The largest absolute Gasteiger partial charge is 0.623 e. The van der Waals surface area contributed by atoms with E-state index in [0.29, 0.717) is 5.56 Å². The lowest BCUT2D eigenvalue weighted by molar-refractivity contribution is -0.530. The van der Waals surface area contributed by atoms with Gasteiger partial charge >= 0.3 is 0 Å². The van der Waals surface area contributed by atoms with Crippen LogP contribution in [0, 0.1) is 5.21 Å². The van der Waals surface area contributed by atoms with Gasteiger partial charge in [-0.05, 0) is 17.5 Å². The molecule has 2 rings (SSSR count). The lowest BCUT2D eigenvalue weighted by Gasteiger charge is -2.18. The summed E-state index contributed by atoms with van der Waals surface area (Å²) < 4.78 is 0.798. The number of hydrogen-bond donors (Lipinski definition) is 1. The Hall–Kier alpha value is -2.10. The molecule has 0 spiro atoms. The van der Waals surface area contributed by atoms with Crippen molar-refractivity contribution >= 4 is 17.1 Å². The third kappa shape index (κ3) is 2.42. The molecule has 1 aromatic carbocycles. The summed E-state index contributed by atoms with van der Waals surface area (Å²) in [4.78, 5) is 14.6. The number of fused-ring (bicyclic) bond motifs is 1. The van der Waals surface area contributed by atoms with Crippen LogP contribution in [-0.2, 0) is 0 Å². The second kappa shape index (κ2) is 4.29. The van der Waals surface area contributed by atoms with Gasteiger partial charge in [0.25, 0.3) is 5.56 Å². The molecule has 0 saturated heterocycles. The number of aromatic amines is 1. The lowest BCUT2D eigenvalue weighted by Crippen LogP contribution is -2.30. The van der Waals surface area contributed by atoms with Crippen molar-refractivity contribution in [3.63, 3.8) is 0 Å². The summed E-state index contributed by atoms with van der Waals surface area (Å²) in [6.45, 7) is 5.39. The average Bonchev–Trinajstić information content (AvgIpc) is 2.28. The molecule has 94 valence electrons. The van der Waals surface area contributed by atoms with Crippen molar-refractivity contribution in [1.29, 1.82) is 0 Å². The third-order valence-electron chi connectivity index (χ3n) is 2.70. The molecule has 4 nitrogen and oxygen atoms in total. The predicted molar refractivity (Wildman–Crippen MR) is 73.1 cm³/mol. The van der Waals surface area contributed by atoms with Gasteiger partial charge in [-0.25, -0.2) is 4.74 Å². The molecule has 0 bridgehead atoms. The summed E-state index contributed by atoms with van der Waals surface area (Å²) in [7, 11) is 0. The van der Waals surface area contributed by atoms with E-state index in [-0.39, 0.29) is 5.56 Å². The van der Waals surface area contributed by atoms with E-state index in [1.54, 1.807) is 26.8 Å². The number of nitrogens with zero attached hydrogens (tertiary/aromatic N) is 1. The molecule has 0 unspecified atom stereocenters. The Morgan fingerprint density at radius 1 is 1.28 bits per heavy atom. The summed E-state index contributed by atoms with van der Waals surface area (Å²) in [5, 5.41) is 12.7. The molecule has 1 aromatic heterocycles. The second-order valence-electron chi connectivity index (χ2n) is 5.27. The number of rotatable bonds is 1. The Labute approximate surface area is 105 Å². The van der Waals surface area contributed by atoms with Crippen LogP contribution >= 0.6 is 0 Å². The summed E-state index contributed by atoms with van der Waals surface area (Å²) in [6, 6.07) is 9.21. The molecule has 0 aliphatic carbocycles. The zero-order chi connectivity index (χ0) is 13.3. The lowest BCUT2D eigenvalue weighted by atomic mass is 10.1. The number of para-hydroxylation sites is 1. The zero-order valence-electron chi connectivity index (χ0n) is 10.7. The van der Waals surface area contributed by atoms with Crippen LogP contribution < -0.4 is 5.56 Å². The average molecular weight is 244 g/mol. The van der Waals surface area contributed by atoms with Crippen LogP contribution in [-0.4, -0.2) is 21.5 Å². The van der Waals surface area contributed by atoms with Crippen LogP contribution in [0.2, 0.25) is 0 Å². The molecule has 0 aliphatic heterocycles. The van der Waals surface area contributed by atoms with Gasteiger partial charge in [0.05, 0.1) is 0 Å². The quantitative estimate of drug-likeness (QED) is 0.362. The van der Waals surface area contributed by atoms with E-state index >= 15 is 0 Å². The predicted octanol–water partition coefficient (Wildman–Crippen LogP) is 2.26. The fourth-order valence-corrected chi connectivity index (χ4v) is 1.58. The van der Waals surface area contributed by atoms with Crippen LogP contribution in [0.15, 0.2) is 35.1 Å². The maximum absolute atomic E-state index is 11.8. The molecule has 1 N–H and O–H groups in total. The molecule has 0 amide bonds. The molecule has 1 heterocycles. The minimum Gasteiger partial charge on any atom is -0.623 e. The maximum Gasteiger partial charge on any atom is 0.261 e. The molecular weight excluding hydrogens is 228 g/mol. The highest BCUT2D eigenvalue weighted by molar-refractivity contribution is 5.85. The minimum atomic E-state index is -0.557. The number of hydrogen-bond acceptors (Lipinski definition) is 2. The van der Waals surface area contributed by atoms with E-state index < -0.39 is 5.54 Å². The fourth-order valence-electron chi connectivity index (χ4n) is 1.58. The van der Waals surface area contributed by atoms with Gasteiger partial charge in [0.1, 0.15) is 5.56 Å². The van der Waals surface area contributed by atoms with Crippen molar-refractivity contribution in [3.05, 3.63) is 51.5 Å². The molecule has 4 heteroatoms. The molecule has 2 aromatic rings. The van der Waals surface area contributed by atoms with Crippen molar-refractivity contribution in [2.75, 3.05) is 0 Å². The highest BCUT2D eigenvalue weighted by Crippen LogP contribution is 2.10. The molecule has 0 radical (unpaired) electrons. The van der Waals surface area contributed by atoms with Gasteiger partial charge in [-0.15, -0.1) is 0 Å². The third-order valence-corrected chi connectivity index (χ3v) is 2.70. The number of H-pyrrole nitrogens is 1. The monoisotopic (exact) mass is 244 g/mol. The van der Waals surface area contributed by atoms with Crippen LogP contribution in [0.4, 0.5) is 0 Å². The standard InChI is InChI=1S/C14H16N2O2/c1-14(2,3)16(18)9-11-8-10-6-4-5-7-12(10)15-13(11)17/h4-9H,1-3H3,(H,15,17)/b16-9-. The summed E-state index contributed by atoms with van der Waals surface area (Å²) in [5.41, 5.74) is 0.336. The number of pyridine rings is 1. The first kappa shape index (κ1) is 12.4. The van der Waals surface area contributed by atoms with Gasteiger partial charge in [0.15, 0.2) is 11.8 Å². The topological polar surface area (TPSA) is 58.9 Å². The summed E-state index contributed by atoms with van der Waals surface area (Å²) in [6.07, 6.45) is 1.34. The summed E-state index contributed by atoms with van der Waals surface area (Å²) >= 11 is 0. The minimum absolute atomic E-state index is 0.251. The van der Waals surface area contributed by atoms with E-state index in [1.165, 1.54) is 6.21 Å². The number of hydroxylamine groups is 1. The first-order valence-corrected chi connectivity index (χ1v) is 5.81. The number of aromatic nitrogens is 1. The Morgan fingerprint density at radius 3 is 2.61 bits per heavy atom. The molecular formula is C14H16N2O2. The van der Waals surface area contributed by atoms with Gasteiger partial charge in [-0.2, -0.15) is 0 Å². The molecule has 0 fully saturated rings. The highest BCUT2D eigenvalue weighted by atomic mass is 16.5. The Balaban J connectivity index is 2.59. The summed E-state index contributed by atoms with van der Waals surface area (Å²) in [5.74, 6) is 0. The first-order chi connectivity index (χ1) is 8.38. The van der Waals surface area contributed by atoms with Gasteiger partial charge in [-0.3, -0.25) is 4.79 Å². The van der Waals surface area contributed by atoms with Gasteiger partial charge < -0.3 is 10.2 Å². The van der Waals surface area contributed by atoms with E-state index in [2.05, 4.69) is 4.98 Å². The van der Waals surface area contributed by atoms with E-state index in [4.69, 9.17) is 0 Å². The molecule has 0 atom stereocenters. The molecule has 0 saturated carbocycles. The smallest absolute Gasteiger partial charge is 0.261 e. The Morgan fingerprint density at radius 2 is 1.94 bits per heavy atom. The second-order valence-corrected chi connectivity index (χ2v) is 5.27. The van der Waals surface area contributed by atoms with Crippen LogP contribution in [0.3, 0.4) is 0 Å². The van der Waals surface area contributed by atoms with Crippen molar-refractivity contribution in [1.82, 2.24) is 4.98 Å². The highest BCUT2D eigenvalue weighted by Gasteiger charge is 2.18. The Bertz CT molecular complexity index is 663. The van der Waals surface area contributed by atoms with Crippen LogP contribution in [0.5, 0.6) is 0 Å². The first-order valence-electron chi connectivity index (χ1n) is 5.81.